The highest BCUT2D eigenvalue weighted by atomic mass is 15.2. The van der Waals surface area contributed by atoms with Crippen LogP contribution in [-0.4, -0.2) is 29.7 Å². The summed E-state index contributed by atoms with van der Waals surface area (Å²) in [5.41, 5.74) is 2.32. The third-order valence-electron chi connectivity index (χ3n) is 3.49. The standard InChI is InChI=1S/C13H18N4/c1-14-13-16-11-4-2-3-5-12(11)17(13)10-6-8-15-9-7-10/h2-5,10,15H,6-9H2,1H3,(H,14,16). The first kappa shape index (κ1) is 10.6. The molecule has 2 aromatic rings. The minimum atomic E-state index is 0.561. The second kappa shape index (κ2) is 4.37. The minimum absolute atomic E-state index is 0.561. The lowest BCUT2D eigenvalue weighted by molar-refractivity contribution is 0.378. The third-order valence-corrected chi connectivity index (χ3v) is 3.49. The summed E-state index contributed by atoms with van der Waals surface area (Å²) in [5, 5.41) is 6.62. The Kier molecular flexibility index (Phi) is 2.73. The molecule has 0 atom stereocenters. The van der Waals surface area contributed by atoms with Crippen molar-refractivity contribution in [3.05, 3.63) is 24.3 Å². The van der Waals surface area contributed by atoms with Gasteiger partial charge in [0.2, 0.25) is 5.95 Å². The van der Waals surface area contributed by atoms with Crippen LogP contribution in [0.1, 0.15) is 18.9 Å². The molecule has 0 radical (unpaired) electrons. The van der Waals surface area contributed by atoms with Crippen molar-refractivity contribution >= 4 is 17.0 Å². The van der Waals surface area contributed by atoms with E-state index >= 15 is 0 Å². The van der Waals surface area contributed by atoms with Gasteiger partial charge in [-0.1, -0.05) is 12.1 Å². The highest BCUT2D eigenvalue weighted by Gasteiger charge is 2.20. The molecule has 0 saturated carbocycles. The molecular weight excluding hydrogens is 212 g/mol. The predicted octanol–water partition coefficient (Wildman–Crippen LogP) is 2.00. The van der Waals surface area contributed by atoms with E-state index in [1.165, 1.54) is 18.4 Å². The van der Waals surface area contributed by atoms with E-state index in [1.54, 1.807) is 0 Å². The van der Waals surface area contributed by atoms with Gasteiger partial charge in [-0.3, -0.25) is 0 Å². The van der Waals surface area contributed by atoms with Gasteiger partial charge in [-0.2, -0.15) is 0 Å². The normalized spacial score (nSPS) is 17.5. The number of para-hydroxylation sites is 2. The van der Waals surface area contributed by atoms with E-state index in [1.807, 2.05) is 13.1 Å². The summed E-state index contributed by atoms with van der Waals surface area (Å²) >= 11 is 0. The molecule has 1 aliphatic heterocycles. The molecular formula is C13H18N4. The van der Waals surface area contributed by atoms with Gasteiger partial charge in [0.15, 0.2) is 0 Å². The van der Waals surface area contributed by atoms with Crippen molar-refractivity contribution < 1.29 is 0 Å². The summed E-state index contributed by atoms with van der Waals surface area (Å²) in [5.74, 6) is 0.984. The van der Waals surface area contributed by atoms with Gasteiger partial charge in [0.25, 0.3) is 0 Å². The van der Waals surface area contributed by atoms with E-state index < -0.39 is 0 Å². The molecule has 1 aliphatic rings. The first-order valence-corrected chi connectivity index (χ1v) is 6.25. The number of hydrogen-bond acceptors (Lipinski definition) is 3. The number of anilines is 1. The van der Waals surface area contributed by atoms with Crippen LogP contribution >= 0.6 is 0 Å². The number of benzene rings is 1. The lowest BCUT2D eigenvalue weighted by Crippen LogP contribution is -2.29. The molecule has 0 bridgehead atoms. The van der Waals surface area contributed by atoms with Gasteiger partial charge in [-0.15, -0.1) is 0 Å². The van der Waals surface area contributed by atoms with Crippen LogP contribution in [0.4, 0.5) is 5.95 Å². The van der Waals surface area contributed by atoms with Crippen LogP contribution in [0, 0.1) is 0 Å². The minimum Gasteiger partial charge on any atom is -0.359 e. The summed E-state index contributed by atoms with van der Waals surface area (Å²) in [6.45, 7) is 2.20. The van der Waals surface area contributed by atoms with Crippen molar-refractivity contribution in [3.63, 3.8) is 0 Å². The van der Waals surface area contributed by atoms with E-state index in [9.17, 15) is 0 Å². The highest BCUT2D eigenvalue weighted by Crippen LogP contribution is 2.28. The Bertz CT molecular complexity index is 511. The molecule has 4 nitrogen and oxygen atoms in total. The predicted molar refractivity (Wildman–Crippen MR) is 70.4 cm³/mol. The Morgan fingerprint density at radius 3 is 2.82 bits per heavy atom. The Morgan fingerprint density at radius 1 is 1.29 bits per heavy atom. The molecule has 4 heteroatoms. The molecule has 0 aliphatic carbocycles. The van der Waals surface area contributed by atoms with Gasteiger partial charge in [0.05, 0.1) is 11.0 Å². The van der Waals surface area contributed by atoms with Crippen LogP contribution in [0.25, 0.3) is 11.0 Å². The average Bonchev–Trinajstić information content (AvgIpc) is 2.78. The number of fused-ring (bicyclic) bond motifs is 1. The van der Waals surface area contributed by atoms with E-state index in [2.05, 4.69) is 38.4 Å². The fraction of sp³-hybridized carbons (Fsp3) is 0.462. The molecule has 1 fully saturated rings. The van der Waals surface area contributed by atoms with Crippen molar-refractivity contribution in [1.29, 1.82) is 0 Å². The molecule has 3 rings (SSSR count). The van der Waals surface area contributed by atoms with Crippen molar-refractivity contribution in [2.45, 2.75) is 18.9 Å². The van der Waals surface area contributed by atoms with Crippen LogP contribution in [0.2, 0.25) is 0 Å². The van der Waals surface area contributed by atoms with E-state index in [0.29, 0.717) is 6.04 Å². The molecule has 1 aromatic carbocycles. The molecule has 2 heterocycles. The summed E-state index contributed by atoms with van der Waals surface area (Å²) < 4.78 is 2.36. The van der Waals surface area contributed by atoms with Crippen molar-refractivity contribution in [3.8, 4) is 0 Å². The van der Waals surface area contributed by atoms with E-state index in [-0.39, 0.29) is 0 Å². The summed E-state index contributed by atoms with van der Waals surface area (Å²) in [4.78, 5) is 4.64. The van der Waals surface area contributed by atoms with Crippen molar-refractivity contribution in [1.82, 2.24) is 14.9 Å². The Balaban J connectivity index is 2.11. The van der Waals surface area contributed by atoms with Gasteiger partial charge < -0.3 is 15.2 Å². The number of nitrogens with zero attached hydrogens (tertiary/aromatic N) is 2. The van der Waals surface area contributed by atoms with E-state index in [0.717, 1.165) is 24.6 Å². The van der Waals surface area contributed by atoms with Gasteiger partial charge in [0.1, 0.15) is 0 Å². The van der Waals surface area contributed by atoms with Crippen LogP contribution in [0.15, 0.2) is 24.3 Å². The molecule has 0 unspecified atom stereocenters. The summed E-state index contributed by atoms with van der Waals surface area (Å²) in [6.07, 6.45) is 2.35. The quantitative estimate of drug-likeness (QED) is 0.829. The number of imidazole rings is 1. The first-order valence-electron chi connectivity index (χ1n) is 6.25. The van der Waals surface area contributed by atoms with Crippen LogP contribution in [0.3, 0.4) is 0 Å². The molecule has 17 heavy (non-hydrogen) atoms. The molecule has 1 saturated heterocycles. The number of rotatable bonds is 2. The smallest absolute Gasteiger partial charge is 0.203 e. The number of nitrogens with one attached hydrogen (secondary N) is 2. The van der Waals surface area contributed by atoms with Crippen molar-refractivity contribution in [2.24, 2.45) is 0 Å². The van der Waals surface area contributed by atoms with Crippen molar-refractivity contribution in [2.75, 3.05) is 25.5 Å². The summed E-state index contributed by atoms with van der Waals surface area (Å²) in [6, 6.07) is 8.92. The Morgan fingerprint density at radius 2 is 2.06 bits per heavy atom. The third kappa shape index (κ3) is 1.78. The maximum Gasteiger partial charge on any atom is 0.203 e. The molecule has 1 aromatic heterocycles. The Hall–Kier alpha value is -1.55. The lowest BCUT2D eigenvalue weighted by atomic mass is 10.1. The van der Waals surface area contributed by atoms with Gasteiger partial charge in [-0.05, 0) is 38.1 Å². The van der Waals surface area contributed by atoms with E-state index in [4.69, 9.17) is 0 Å². The number of hydrogen-bond donors (Lipinski definition) is 2. The SMILES string of the molecule is CNc1nc2ccccc2n1C1CCNCC1. The maximum absolute atomic E-state index is 4.64. The molecule has 2 N–H and O–H groups in total. The lowest BCUT2D eigenvalue weighted by Gasteiger charge is -2.26. The second-order valence-corrected chi connectivity index (χ2v) is 4.53. The molecule has 0 amide bonds. The average molecular weight is 230 g/mol. The summed E-state index contributed by atoms with van der Waals surface area (Å²) in [7, 11) is 1.94. The zero-order valence-electron chi connectivity index (χ0n) is 10.1. The second-order valence-electron chi connectivity index (χ2n) is 4.53. The van der Waals surface area contributed by atoms with Crippen LogP contribution in [-0.2, 0) is 0 Å². The molecule has 0 spiro atoms. The van der Waals surface area contributed by atoms with Gasteiger partial charge >= 0.3 is 0 Å². The van der Waals surface area contributed by atoms with Crippen LogP contribution < -0.4 is 10.6 Å². The monoisotopic (exact) mass is 230 g/mol. The largest absolute Gasteiger partial charge is 0.359 e. The zero-order chi connectivity index (χ0) is 11.7. The first-order chi connectivity index (χ1) is 8.40. The molecule has 90 valence electrons. The maximum atomic E-state index is 4.64. The Labute approximate surface area is 101 Å². The topological polar surface area (TPSA) is 41.9 Å². The number of aromatic nitrogens is 2. The fourth-order valence-electron chi connectivity index (χ4n) is 2.66. The van der Waals surface area contributed by atoms with Crippen LogP contribution in [0.5, 0.6) is 0 Å². The number of piperidine rings is 1. The zero-order valence-corrected chi connectivity index (χ0v) is 10.1. The fourth-order valence-corrected chi connectivity index (χ4v) is 2.66. The highest BCUT2D eigenvalue weighted by molar-refractivity contribution is 5.78. The van der Waals surface area contributed by atoms with Gasteiger partial charge in [0, 0.05) is 13.1 Å². The van der Waals surface area contributed by atoms with Gasteiger partial charge in [-0.25, -0.2) is 4.98 Å².